The smallest absolute Gasteiger partial charge is 0.325 e. The third-order valence-electron chi connectivity index (χ3n) is 5.66. The highest BCUT2D eigenvalue weighted by molar-refractivity contribution is 5.82. The van der Waals surface area contributed by atoms with Crippen molar-refractivity contribution in [3.05, 3.63) is 72.1 Å². The topological polar surface area (TPSA) is 71.4 Å². The number of ether oxygens (including phenoxy) is 1. The van der Waals surface area contributed by atoms with E-state index in [4.69, 9.17) is 4.74 Å². The van der Waals surface area contributed by atoms with Gasteiger partial charge in [0.15, 0.2) is 0 Å². The van der Waals surface area contributed by atoms with Crippen molar-refractivity contribution in [2.45, 2.75) is 32.6 Å². The summed E-state index contributed by atoms with van der Waals surface area (Å²) in [6, 6.07) is 16.6. The molecule has 0 saturated carbocycles. The summed E-state index contributed by atoms with van der Waals surface area (Å²) in [5, 5.41) is 10.7. The highest BCUT2D eigenvalue weighted by Crippen LogP contribution is 2.38. The average Bonchev–Trinajstić information content (AvgIpc) is 3.16. The molecule has 0 radical (unpaired) electrons. The molecule has 1 aliphatic heterocycles. The molecule has 1 aliphatic rings. The minimum atomic E-state index is -0.117. The van der Waals surface area contributed by atoms with Gasteiger partial charge < -0.3 is 14.7 Å². The second kappa shape index (κ2) is 7.23. The Kier molecular flexibility index (Phi) is 4.50. The number of hydrogen-bond donors (Lipinski definition) is 1. The number of rotatable bonds is 3. The van der Waals surface area contributed by atoms with Gasteiger partial charge in [-0.2, -0.15) is 9.97 Å². The van der Waals surface area contributed by atoms with Crippen LogP contribution in [0, 0.1) is 0 Å². The van der Waals surface area contributed by atoms with E-state index in [-0.39, 0.29) is 17.3 Å². The molecule has 0 unspecified atom stereocenters. The van der Waals surface area contributed by atoms with Crippen molar-refractivity contribution in [2.75, 3.05) is 11.4 Å². The van der Waals surface area contributed by atoms with E-state index in [1.54, 1.807) is 18.5 Å². The van der Waals surface area contributed by atoms with Gasteiger partial charge in [0.25, 0.3) is 0 Å². The first-order valence-electron chi connectivity index (χ1n) is 10.4. The fourth-order valence-corrected chi connectivity index (χ4v) is 3.95. The maximum absolute atomic E-state index is 10.1. The van der Waals surface area contributed by atoms with Crippen molar-refractivity contribution in [2.24, 2.45) is 0 Å². The number of aromatic hydroxyl groups is 1. The monoisotopic (exact) mass is 412 g/mol. The van der Waals surface area contributed by atoms with Crippen LogP contribution in [0.5, 0.6) is 17.6 Å². The Morgan fingerprint density at radius 2 is 1.81 bits per heavy atom. The van der Waals surface area contributed by atoms with E-state index < -0.39 is 0 Å². The molecule has 1 N–H and O–H groups in total. The van der Waals surface area contributed by atoms with Crippen molar-refractivity contribution < 1.29 is 9.84 Å². The highest BCUT2D eigenvalue weighted by atomic mass is 16.5. The first-order valence-corrected chi connectivity index (χ1v) is 10.4. The van der Waals surface area contributed by atoms with E-state index in [1.165, 1.54) is 22.5 Å². The van der Waals surface area contributed by atoms with Gasteiger partial charge in [0.1, 0.15) is 5.75 Å². The van der Waals surface area contributed by atoms with Crippen LogP contribution in [-0.2, 0) is 11.8 Å². The summed E-state index contributed by atoms with van der Waals surface area (Å²) in [6.45, 7) is 7.60. The summed E-state index contributed by atoms with van der Waals surface area (Å²) in [6.07, 6.45) is 4.10. The molecule has 4 aromatic rings. The zero-order valence-corrected chi connectivity index (χ0v) is 17.8. The lowest BCUT2D eigenvalue weighted by Crippen LogP contribution is -2.14. The SMILES string of the molecule is CC(C)(C)c1ccc(N2CCc3cc(Oc4nc(O)c5ccncc5n4)ccc32)cc1. The van der Waals surface area contributed by atoms with Gasteiger partial charge in [-0.15, -0.1) is 0 Å². The molecule has 0 aliphatic carbocycles. The second-order valence-corrected chi connectivity index (χ2v) is 8.81. The lowest BCUT2D eigenvalue weighted by Gasteiger charge is -2.23. The number of pyridine rings is 1. The molecule has 3 heterocycles. The molecule has 5 rings (SSSR count). The number of anilines is 2. The van der Waals surface area contributed by atoms with E-state index in [0.717, 1.165) is 13.0 Å². The van der Waals surface area contributed by atoms with Gasteiger partial charge in [-0.25, -0.2) is 0 Å². The lowest BCUT2D eigenvalue weighted by atomic mass is 9.87. The minimum absolute atomic E-state index is 0.102. The van der Waals surface area contributed by atoms with E-state index in [2.05, 4.69) is 71.0 Å². The largest absolute Gasteiger partial charge is 0.493 e. The van der Waals surface area contributed by atoms with Crippen molar-refractivity contribution in [3.63, 3.8) is 0 Å². The zero-order chi connectivity index (χ0) is 21.6. The van der Waals surface area contributed by atoms with Crippen LogP contribution in [0.1, 0.15) is 31.9 Å². The van der Waals surface area contributed by atoms with E-state index in [0.29, 0.717) is 16.7 Å². The van der Waals surface area contributed by atoms with Crippen LogP contribution in [0.2, 0.25) is 0 Å². The van der Waals surface area contributed by atoms with Crippen LogP contribution >= 0.6 is 0 Å². The number of hydrogen-bond acceptors (Lipinski definition) is 6. The molecule has 0 bridgehead atoms. The molecule has 0 atom stereocenters. The Labute approximate surface area is 181 Å². The molecular weight excluding hydrogens is 388 g/mol. The Morgan fingerprint density at radius 3 is 2.58 bits per heavy atom. The fourth-order valence-electron chi connectivity index (χ4n) is 3.95. The van der Waals surface area contributed by atoms with Gasteiger partial charge >= 0.3 is 6.01 Å². The van der Waals surface area contributed by atoms with Crippen LogP contribution in [0.25, 0.3) is 10.9 Å². The lowest BCUT2D eigenvalue weighted by molar-refractivity contribution is 0.412. The van der Waals surface area contributed by atoms with E-state index >= 15 is 0 Å². The van der Waals surface area contributed by atoms with E-state index in [1.807, 2.05) is 12.1 Å². The predicted molar refractivity (Wildman–Crippen MR) is 121 cm³/mol. The van der Waals surface area contributed by atoms with Crippen molar-refractivity contribution in [3.8, 4) is 17.6 Å². The molecule has 6 nitrogen and oxygen atoms in total. The molecule has 0 saturated heterocycles. The van der Waals surface area contributed by atoms with Crippen LogP contribution < -0.4 is 9.64 Å². The molecule has 31 heavy (non-hydrogen) atoms. The quantitative estimate of drug-likeness (QED) is 0.478. The third-order valence-corrected chi connectivity index (χ3v) is 5.66. The Hall–Kier alpha value is -3.67. The first-order chi connectivity index (χ1) is 14.9. The van der Waals surface area contributed by atoms with Crippen LogP contribution in [0.3, 0.4) is 0 Å². The number of benzene rings is 2. The average molecular weight is 412 g/mol. The predicted octanol–water partition coefficient (Wildman–Crippen LogP) is 5.51. The van der Waals surface area contributed by atoms with Gasteiger partial charge in [-0.05, 0) is 59.4 Å². The fraction of sp³-hybridized carbons (Fsp3) is 0.240. The third kappa shape index (κ3) is 3.65. The number of aromatic nitrogens is 3. The van der Waals surface area contributed by atoms with Crippen LogP contribution in [0.15, 0.2) is 60.9 Å². The summed E-state index contributed by atoms with van der Waals surface area (Å²) >= 11 is 0. The summed E-state index contributed by atoms with van der Waals surface area (Å²) in [5.41, 5.74) is 5.59. The van der Waals surface area contributed by atoms with Crippen LogP contribution in [0.4, 0.5) is 11.4 Å². The van der Waals surface area contributed by atoms with Gasteiger partial charge in [-0.3, -0.25) is 4.98 Å². The standard InChI is InChI=1S/C25H24N4O2/c1-25(2,3)17-4-6-18(7-5-17)29-13-11-16-14-19(8-9-22(16)29)31-24-27-21-15-26-12-10-20(21)23(30)28-24/h4-10,12,14-15H,11,13H2,1-3H3,(H,27,28,30). The molecule has 0 fully saturated rings. The Bertz CT molecular complexity index is 1260. The normalized spacial score (nSPS) is 13.5. The molecule has 0 amide bonds. The van der Waals surface area contributed by atoms with E-state index in [9.17, 15) is 5.11 Å². The van der Waals surface area contributed by atoms with Gasteiger partial charge in [-0.1, -0.05) is 32.9 Å². The summed E-state index contributed by atoms with van der Waals surface area (Å²) < 4.78 is 5.86. The molecule has 2 aromatic heterocycles. The molecular formula is C25H24N4O2. The Balaban J connectivity index is 1.39. The van der Waals surface area contributed by atoms with Crippen molar-refractivity contribution in [1.82, 2.24) is 15.0 Å². The first kappa shape index (κ1) is 19.3. The Morgan fingerprint density at radius 1 is 1.00 bits per heavy atom. The number of nitrogens with zero attached hydrogens (tertiary/aromatic N) is 4. The molecule has 6 heteroatoms. The summed E-state index contributed by atoms with van der Waals surface area (Å²) in [5.74, 6) is 0.528. The second-order valence-electron chi connectivity index (χ2n) is 8.81. The maximum atomic E-state index is 10.1. The van der Waals surface area contributed by atoms with Crippen LogP contribution in [-0.4, -0.2) is 26.6 Å². The summed E-state index contributed by atoms with van der Waals surface area (Å²) in [4.78, 5) is 14.8. The maximum Gasteiger partial charge on any atom is 0.325 e. The van der Waals surface area contributed by atoms with Gasteiger partial charge in [0.2, 0.25) is 5.88 Å². The van der Waals surface area contributed by atoms with Gasteiger partial charge in [0, 0.05) is 24.1 Å². The van der Waals surface area contributed by atoms with Gasteiger partial charge in [0.05, 0.1) is 17.1 Å². The summed E-state index contributed by atoms with van der Waals surface area (Å²) in [7, 11) is 0. The van der Waals surface area contributed by atoms with Crippen molar-refractivity contribution in [1.29, 1.82) is 0 Å². The molecule has 0 spiro atoms. The molecule has 156 valence electrons. The van der Waals surface area contributed by atoms with Crippen molar-refractivity contribution >= 4 is 22.3 Å². The highest BCUT2D eigenvalue weighted by Gasteiger charge is 2.22. The minimum Gasteiger partial charge on any atom is -0.493 e. The zero-order valence-electron chi connectivity index (χ0n) is 17.8. The molecule has 2 aromatic carbocycles. The number of fused-ring (bicyclic) bond motifs is 2.